The first kappa shape index (κ1) is 20.8. The lowest BCUT2D eigenvalue weighted by Crippen LogP contribution is -2.30. The Labute approximate surface area is 177 Å². The van der Waals surface area contributed by atoms with Crippen LogP contribution in [-0.4, -0.2) is 27.1 Å². The number of para-hydroxylation sites is 1. The standard InChI is InChI=1S/C22H23N3O2S2/c1-25(20-12-6-3-7-13-20)29(26,27)21-14-8-11-19(17-21)24-22(28)23-16-15-18-9-4-2-5-10-18/h2-14,17H,15-16H2,1H3,(H2,23,24,28). The molecule has 3 rings (SSSR count). The zero-order chi connectivity index (χ0) is 20.7. The van der Waals surface area contributed by atoms with E-state index in [1.54, 1.807) is 55.6 Å². The number of anilines is 2. The van der Waals surface area contributed by atoms with Gasteiger partial charge in [-0.1, -0.05) is 54.6 Å². The van der Waals surface area contributed by atoms with Crippen molar-refractivity contribution in [2.75, 3.05) is 23.2 Å². The molecule has 0 bridgehead atoms. The number of nitrogens with one attached hydrogen (secondary N) is 2. The molecular weight excluding hydrogens is 402 g/mol. The van der Waals surface area contributed by atoms with E-state index in [0.29, 0.717) is 23.0 Å². The van der Waals surface area contributed by atoms with Crippen LogP contribution in [0.3, 0.4) is 0 Å². The van der Waals surface area contributed by atoms with Crippen molar-refractivity contribution in [1.29, 1.82) is 0 Å². The van der Waals surface area contributed by atoms with Gasteiger partial charge in [-0.2, -0.15) is 0 Å². The molecule has 3 aromatic rings. The van der Waals surface area contributed by atoms with Crippen LogP contribution in [0.15, 0.2) is 89.8 Å². The zero-order valence-corrected chi connectivity index (χ0v) is 17.7. The van der Waals surface area contributed by atoms with Gasteiger partial charge in [0.05, 0.1) is 10.6 Å². The second-order valence-electron chi connectivity index (χ2n) is 6.45. The molecule has 0 amide bonds. The number of thiocarbonyl (C=S) groups is 1. The Bertz CT molecular complexity index is 1060. The van der Waals surface area contributed by atoms with E-state index in [-0.39, 0.29) is 4.90 Å². The maximum absolute atomic E-state index is 12.9. The molecule has 0 saturated heterocycles. The number of hydrogen-bond donors (Lipinski definition) is 2. The molecule has 150 valence electrons. The van der Waals surface area contributed by atoms with Gasteiger partial charge in [-0.05, 0) is 54.5 Å². The summed E-state index contributed by atoms with van der Waals surface area (Å²) in [5.41, 5.74) is 2.44. The lowest BCUT2D eigenvalue weighted by Gasteiger charge is -2.20. The van der Waals surface area contributed by atoms with Gasteiger partial charge in [-0.25, -0.2) is 8.42 Å². The summed E-state index contributed by atoms with van der Waals surface area (Å²) in [6.07, 6.45) is 0.846. The summed E-state index contributed by atoms with van der Waals surface area (Å²) < 4.78 is 27.2. The Morgan fingerprint density at radius 2 is 1.59 bits per heavy atom. The summed E-state index contributed by atoms with van der Waals surface area (Å²) >= 11 is 5.33. The van der Waals surface area contributed by atoms with Gasteiger partial charge in [0.15, 0.2) is 5.11 Å². The largest absolute Gasteiger partial charge is 0.362 e. The van der Waals surface area contributed by atoms with E-state index in [1.807, 2.05) is 24.3 Å². The normalized spacial score (nSPS) is 10.9. The van der Waals surface area contributed by atoms with Crippen molar-refractivity contribution >= 4 is 38.7 Å². The van der Waals surface area contributed by atoms with Crippen molar-refractivity contribution in [3.05, 3.63) is 90.5 Å². The van der Waals surface area contributed by atoms with E-state index in [4.69, 9.17) is 12.2 Å². The Morgan fingerprint density at radius 1 is 0.931 bits per heavy atom. The third-order valence-corrected chi connectivity index (χ3v) is 6.44. The molecule has 0 radical (unpaired) electrons. The maximum atomic E-state index is 12.9. The molecule has 0 aliphatic rings. The fraction of sp³-hybridized carbons (Fsp3) is 0.136. The highest BCUT2D eigenvalue weighted by Crippen LogP contribution is 2.23. The second-order valence-corrected chi connectivity index (χ2v) is 8.83. The van der Waals surface area contributed by atoms with Crippen molar-refractivity contribution in [1.82, 2.24) is 5.32 Å². The topological polar surface area (TPSA) is 61.4 Å². The number of rotatable bonds is 7. The van der Waals surface area contributed by atoms with Crippen LogP contribution in [0, 0.1) is 0 Å². The van der Waals surface area contributed by atoms with Crippen LogP contribution in [0.2, 0.25) is 0 Å². The van der Waals surface area contributed by atoms with Gasteiger partial charge >= 0.3 is 0 Å². The molecule has 0 aliphatic heterocycles. The van der Waals surface area contributed by atoms with Crippen LogP contribution in [0.5, 0.6) is 0 Å². The van der Waals surface area contributed by atoms with Gasteiger partial charge in [-0.15, -0.1) is 0 Å². The molecule has 2 N–H and O–H groups in total. The molecule has 7 heteroatoms. The molecule has 0 heterocycles. The molecule has 0 aromatic heterocycles. The molecule has 5 nitrogen and oxygen atoms in total. The van der Waals surface area contributed by atoms with E-state index in [2.05, 4.69) is 22.8 Å². The summed E-state index contributed by atoms with van der Waals surface area (Å²) in [5.74, 6) is 0. The summed E-state index contributed by atoms with van der Waals surface area (Å²) in [6.45, 7) is 0.685. The molecule has 0 spiro atoms. The summed E-state index contributed by atoms with van der Waals surface area (Å²) in [6, 6.07) is 25.7. The number of benzene rings is 3. The predicted molar refractivity (Wildman–Crippen MR) is 123 cm³/mol. The second kappa shape index (κ2) is 9.54. The maximum Gasteiger partial charge on any atom is 0.264 e. The summed E-state index contributed by atoms with van der Waals surface area (Å²) in [5, 5.41) is 6.65. The average molecular weight is 426 g/mol. The fourth-order valence-electron chi connectivity index (χ4n) is 2.81. The van der Waals surface area contributed by atoms with E-state index in [1.165, 1.54) is 9.87 Å². The minimum absolute atomic E-state index is 0.195. The number of sulfonamides is 1. The van der Waals surface area contributed by atoms with Crippen molar-refractivity contribution in [3.63, 3.8) is 0 Å². The van der Waals surface area contributed by atoms with E-state index in [9.17, 15) is 8.42 Å². The third kappa shape index (κ3) is 5.56. The van der Waals surface area contributed by atoms with Gasteiger partial charge < -0.3 is 10.6 Å². The number of nitrogens with zero attached hydrogens (tertiary/aromatic N) is 1. The highest BCUT2D eigenvalue weighted by molar-refractivity contribution is 7.92. The molecular formula is C22H23N3O2S2. The Kier molecular flexibility index (Phi) is 6.85. The number of hydrogen-bond acceptors (Lipinski definition) is 3. The molecule has 0 saturated carbocycles. The highest BCUT2D eigenvalue weighted by atomic mass is 32.2. The Hall–Kier alpha value is -2.90. The molecule has 3 aromatic carbocycles. The average Bonchev–Trinajstić information content (AvgIpc) is 2.75. The van der Waals surface area contributed by atoms with E-state index in [0.717, 1.165) is 6.42 Å². The fourth-order valence-corrected chi connectivity index (χ4v) is 4.27. The van der Waals surface area contributed by atoms with Crippen LogP contribution in [0.1, 0.15) is 5.56 Å². The minimum Gasteiger partial charge on any atom is -0.362 e. The lowest BCUT2D eigenvalue weighted by molar-refractivity contribution is 0.594. The van der Waals surface area contributed by atoms with Crippen LogP contribution < -0.4 is 14.9 Å². The van der Waals surface area contributed by atoms with Crippen molar-refractivity contribution in [3.8, 4) is 0 Å². The first-order valence-corrected chi connectivity index (χ1v) is 11.0. The molecule has 0 fully saturated rings. The van der Waals surface area contributed by atoms with E-state index >= 15 is 0 Å². The first-order valence-electron chi connectivity index (χ1n) is 9.19. The van der Waals surface area contributed by atoms with Crippen molar-refractivity contribution in [2.24, 2.45) is 0 Å². The van der Waals surface area contributed by atoms with Crippen molar-refractivity contribution < 1.29 is 8.42 Å². The Morgan fingerprint density at radius 3 is 2.28 bits per heavy atom. The van der Waals surface area contributed by atoms with Crippen LogP contribution in [0.25, 0.3) is 0 Å². The van der Waals surface area contributed by atoms with E-state index < -0.39 is 10.0 Å². The molecule has 29 heavy (non-hydrogen) atoms. The lowest BCUT2D eigenvalue weighted by atomic mass is 10.1. The SMILES string of the molecule is CN(c1ccccc1)S(=O)(=O)c1cccc(NC(=S)NCCc2ccccc2)c1. The molecule has 0 aliphatic carbocycles. The van der Waals surface area contributed by atoms with Gasteiger partial charge in [0.25, 0.3) is 10.0 Å². The van der Waals surface area contributed by atoms with Crippen LogP contribution >= 0.6 is 12.2 Å². The highest BCUT2D eigenvalue weighted by Gasteiger charge is 2.21. The smallest absolute Gasteiger partial charge is 0.264 e. The summed E-state index contributed by atoms with van der Waals surface area (Å²) in [7, 11) is -2.13. The quantitative estimate of drug-likeness (QED) is 0.560. The minimum atomic E-state index is -3.67. The van der Waals surface area contributed by atoms with Gasteiger partial charge in [0, 0.05) is 19.3 Å². The Balaban J connectivity index is 1.63. The monoisotopic (exact) mass is 425 g/mol. The molecule has 0 atom stereocenters. The summed E-state index contributed by atoms with van der Waals surface area (Å²) in [4.78, 5) is 0.195. The first-order chi connectivity index (χ1) is 14.0. The molecule has 0 unspecified atom stereocenters. The van der Waals surface area contributed by atoms with Gasteiger partial charge in [-0.3, -0.25) is 4.31 Å². The third-order valence-electron chi connectivity index (χ3n) is 4.41. The van der Waals surface area contributed by atoms with Crippen LogP contribution in [0.4, 0.5) is 11.4 Å². The van der Waals surface area contributed by atoms with Gasteiger partial charge in [0.1, 0.15) is 0 Å². The predicted octanol–water partition coefficient (Wildman–Crippen LogP) is 4.04. The van der Waals surface area contributed by atoms with Crippen molar-refractivity contribution in [2.45, 2.75) is 11.3 Å². The van der Waals surface area contributed by atoms with Crippen LogP contribution in [-0.2, 0) is 16.4 Å². The zero-order valence-electron chi connectivity index (χ0n) is 16.1. The van der Waals surface area contributed by atoms with Gasteiger partial charge in [0.2, 0.25) is 0 Å².